The fourth-order valence-corrected chi connectivity index (χ4v) is 4.65. The normalized spacial score (nSPS) is 17.7. The quantitative estimate of drug-likeness (QED) is 0.120. The highest BCUT2D eigenvalue weighted by Gasteiger charge is 2.32. The third-order valence-corrected chi connectivity index (χ3v) is 6.52. The summed E-state index contributed by atoms with van der Waals surface area (Å²) in [7, 11) is 1.65. The number of Topliss-reactive ketones (excluding diaryl/α,β-unsaturated/α-hetero) is 1. The molecule has 5 heteroatoms. The summed E-state index contributed by atoms with van der Waals surface area (Å²) in [5.74, 6) is 0.634. The van der Waals surface area contributed by atoms with Gasteiger partial charge in [0.1, 0.15) is 11.5 Å². The van der Waals surface area contributed by atoms with E-state index in [4.69, 9.17) is 13.9 Å². The predicted molar refractivity (Wildman–Crippen MR) is 134 cm³/mol. The number of hydrogen-bond donors (Lipinski definition) is 0. The van der Waals surface area contributed by atoms with Crippen LogP contribution in [-0.4, -0.2) is 18.9 Å². The third kappa shape index (κ3) is 5.88. The van der Waals surface area contributed by atoms with Crippen molar-refractivity contribution in [1.82, 2.24) is 0 Å². The number of hydrogen-bond acceptors (Lipinski definition) is 5. The summed E-state index contributed by atoms with van der Waals surface area (Å²) in [6.45, 7) is 12.0. The van der Waals surface area contributed by atoms with Crippen molar-refractivity contribution in [2.24, 2.45) is 5.92 Å². The molecule has 0 saturated heterocycles. The van der Waals surface area contributed by atoms with E-state index in [-0.39, 0.29) is 29.1 Å². The molecule has 182 valence electrons. The maximum Gasteiger partial charge on any atom is 0.379 e. The summed E-state index contributed by atoms with van der Waals surface area (Å²) in [6, 6.07) is 6.98. The Morgan fingerprint density at radius 3 is 2.44 bits per heavy atom. The zero-order chi connectivity index (χ0) is 24.8. The van der Waals surface area contributed by atoms with E-state index in [9.17, 15) is 9.59 Å². The Hall–Kier alpha value is -3.08. The molecule has 0 radical (unpaired) electrons. The number of allylic oxidation sites excluding steroid dienone is 3. The molecule has 3 rings (SSSR count). The first-order valence-corrected chi connectivity index (χ1v) is 12.1. The highest BCUT2D eigenvalue weighted by Crippen LogP contribution is 2.47. The number of carbonyl (C=O) groups excluding carboxylic acids is 2. The molecule has 2 aromatic rings. The van der Waals surface area contributed by atoms with Gasteiger partial charge >= 0.3 is 5.97 Å². The van der Waals surface area contributed by atoms with Gasteiger partial charge in [0.2, 0.25) is 5.76 Å². The van der Waals surface area contributed by atoms with Gasteiger partial charge in [0.15, 0.2) is 11.5 Å². The predicted octanol–water partition coefficient (Wildman–Crippen LogP) is 7.46. The lowest BCUT2D eigenvalue weighted by Gasteiger charge is -2.32. The second-order valence-corrected chi connectivity index (χ2v) is 9.31. The molecule has 0 saturated carbocycles. The van der Waals surface area contributed by atoms with Crippen LogP contribution in [0.2, 0.25) is 0 Å². The van der Waals surface area contributed by atoms with Gasteiger partial charge in [-0.05, 0) is 75.3 Å². The van der Waals surface area contributed by atoms with Crippen molar-refractivity contribution in [2.75, 3.05) is 7.11 Å². The Morgan fingerprint density at radius 1 is 1.12 bits per heavy atom. The molecule has 2 atom stereocenters. The largest absolute Gasteiger partial charge is 0.496 e. The Labute approximate surface area is 202 Å². The number of benzene rings is 1. The van der Waals surface area contributed by atoms with E-state index in [2.05, 4.69) is 39.5 Å². The van der Waals surface area contributed by atoms with Crippen molar-refractivity contribution >= 4 is 11.8 Å². The second kappa shape index (κ2) is 11.4. The van der Waals surface area contributed by atoms with E-state index in [1.807, 2.05) is 6.07 Å². The van der Waals surface area contributed by atoms with Crippen molar-refractivity contribution in [3.05, 3.63) is 70.7 Å². The zero-order valence-corrected chi connectivity index (χ0v) is 21.0. The first-order valence-electron chi connectivity index (χ1n) is 12.1. The highest BCUT2D eigenvalue weighted by atomic mass is 16.5. The van der Waals surface area contributed by atoms with Crippen molar-refractivity contribution < 1.29 is 23.5 Å². The summed E-state index contributed by atoms with van der Waals surface area (Å²) >= 11 is 0. The lowest BCUT2D eigenvalue weighted by molar-refractivity contribution is 0.0696. The molecule has 1 heterocycles. The van der Waals surface area contributed by atoms with Crippen molar-refractivity contribution in [3.63, 3.8) is 0 Å². The van der Waals surface area contributed by atoms with Crippen LogP contribution in [0.25, 0.3) is 0 Å². The molecule has 5 nitrogen and oxygen atoms in total. The molecular weight excluding hydrogens is 428 g/mol. The van der Waals surface area contributed by atoms with Gasteiger partial charge in [-0.1, -0.05) is 43.6 Å². The molecule has 1 aromatic heterocycles. The number of carbonyl (C=O) groups is 2. The van der Waals surface area contributed by atoms with Gasteiger partial charge in [0.25, 0.3) is 0 Å². The van der Waals surface area contributed by atoms with Crippen molar-refractivity contribution in [2.45, 2.75) is 72.1 Å². The van der Waals surface area contributed by atoms with E-state index in [1.54, 1.807) is 7.11 Å². The lowest BCUT2D eigenvalue weighted by atomic mass is 9.73. The van der Waals surface area contributed by atoms with Crippen LogP contribution in [0.3, 0.4) is 0 Å². The van der Waals surface area contributed by atoms with E-state index in [0.29, 0.717) is 11.5 Å². The number of esters is 1. The molecule has 1 aliphatic carbocycles. The Morgan fingerprint density at radius 2 is 1.82 bits per heavy atom. The second-order valence-electron chi connectivity index (χ2n) is 9.31. The molecule has 0 unspecified atom stereocenters. The van der Waals surface area contributed by atoms with Gasteiger partial charge in [-0.3, -0.25) is 4.79 Å². The number of ether oxygens (including phenoxy) is 2. The number of aryl methyl sites for hydroxylation is 1. The van der Waals surface area contributed by atoms with E-state index < -0.39 is 5.97 Å². The maximum atomic E-state index is 13.0. The Balaban J connectivity index is 2.08. The van der Waals surface area contributed by atoms with Crippen LogP contribution in [0.1, 0.15) is 98.0 Å². The average molecular weight is 465 g/mol. The molecule has 0 N–H and O–H groups in total. The minimum atomic E-state index is -0.634. The van der Waals surface area contributed by atoms with Crippen molar-refractivity contribution in [3.8, 4) is 11.5 Å². The highest BCUT2D eigenvalue weighted by molar-refractivity contribution is 5.94. The number of unbranched alkanes of at least 4 members (excludes halogenated alkanes) is 2. The van der Waals surface area contributed by atoms with Crippen LogP contribution < -0.4 is 9.47 Å². The maximum absolute atomic E-state index is 13.0. The first kappa shape index (κ1) is 25.5. The Bertz CT molecular complexity index is 1090. The van der Waals surface area contributed by atoms with E-state index in [1.165, 1.54) is 24.6 Å². The topological polar surface area (TPSA) is 65.7 Å². The van der Waals surface area contributed by atoms with Crippen LogP contribution in [0.15, 0.2) is 52.5 Å². The smallest absolute Gasteiger partial charge is 0.379 e. The fourth-order valence-electron chi connectivity index (χ4n) is 4.65. The molecule has 0 fully saturated rings. The SMILES string of the molecule is C=C(C)[C@@H]1CCC(C)=C[C@H]1c1c(OC)cc(CCCCC)cc1OC(=O)c1ccc(C(C)=O)o1. The van der Waals surface area contributed by atoms with Gasteiger partial charge in [-0.15, -0.1) is 0 Å². The molecule has 34 heavy (non-hydrogen) atoms. The summed E-state index contributed by atoms with van der Waals surface area (Å²) in [5.41, 5.74) is 4.30. The van der Waals surface area contributed by atoms with Crippen LogP contribution in [-0.2, 0) is 6.42 Å². The van der Waals surface area contributed by atoms with E-state index >= 15 is 0 Å². The summed E-state index contributed by atoms with van der Waals surface area (Å²) < 4.78 is 17.2. The van der Waals surface area contributed by atoms with E-state index in [0.717, 1.165) is 55.2 Å². The van der Waals surface area contributed by atoms with Gasteiger partial charge < -0.3 is 13.9 Å². The Kier molecular flexibility index (Phi) is 8.54. The average Bonchev–Trinajstić information content (AvgIpc) is 3.29. The lowest BCUT2D eigenvalue weighted by Crippen LogP contribution is -2.20. The van der Waals surface area contributed by atoms with Gasteiger partial charge in [-0.25, -0.2) is 4.79 Å². The first-order chi connectivity index (χ1) is 16.2. The molecule has 0 aliphatic heterocycles. The minimum Gasteiger partial charge on any atom is -0.496 e. The van der Waals surface area contributed by atoms with Gasteiger partial charge in [-0.2, -0.15) is 0 Å². The van der Waals surface area contributed by atoms with Crippen LogP contribution in [0, 0.1) is 5.92 Å². The number of furan rings is 1. The molecule has 1 aromatic carbocycles. The molecule has 0 spiro atoms. The van der Waals surface area contributed by atoms with Gasteiger partial charge in [0, 0.05) is 18.4 Å². The number of methoxy groups -OCH3 is 1. The number of rotatable bonds is 10. The standard InChI is InChI=1S/C29H36O5/c1-7-8-9-10-21-16-26(32-6)28(23-15-19(4)11-12-22(23)18(2)3)27(17-21)34-29(31)25-14-13-24(33-25)20(5)30/h13-17,22-23H,2,7-12H2,1,3-6H3/t22-,23+/m0/s1. The summed E-state index contributed by atoms with van der Waals surface area (Å²) in [5, 5.41) is 0. The third-order valence-electron chi connectivity index (χ3n) is 6.52. The monoisotopic (exact) mass is 464 g/mol. The summed E-state index contributed by atoms with van der Waals surface area (Å²) in [6.07, 6.45) is 8.41. The minimum absolute atomic E-state index is 0.00155. The zero-order valence-electron chi connectivity index (χ0n) is 21.0. The van der Waals surface area contributed by atoms with Gasteiger partial charge in [0.05, 0.1) is 7.11 Å². The molecule has 1 aliphatic rings. The van der Waals surface area contributed by atoms with Crippen LogP contribution in [0.4, 0.5) is 0 Å². The van der Waals surface area contributed by atoms with Crippen molar-refractivity contribution in [1.29, 1.82) is 0 Å². The van der Waals surface area contributed by atoms with Crippen LogP contribution >= 0.6 is 0 Å². The molecule has 0 bridgehead atoms. The fraction of sp³-hybridized carbons (Fsp3) is 0.448. The summed E-state index contributed by atoms with van der Waals surface area (Å²) in [4.78, 5) is 24.6. The molecule has 0 amide bonds. The van der Waals surface area contributed by atoms with Crippen LogP contribution in [0.5, 0.6) is 11.5 Å². The molecular formula is C29H36O5. The number of ketones is 1.